The van der Waals surface area contributed by atoms with Crippen molar-refractivity contribution in [1.82, 2.24) is 4.98 Å². The number of H-pyrrole nitrogens is 1. The lowest BCUT2D eigenvalue weighted by Gasteiger charge is -2.04. The van der Waals surface area contributed by atoms with Gasteiger partial charge in [0.2, 0.25) is 5.91 Å². The average molecular weight is 276 g/mol. The number of halogens is 1. The molecule has 0 bridgehead atoms. The molecule has 0 aliphatic rings. The quantitative estimate of drug-likeness (QED) is 0.801. The van der Waals surface area contributed by atoms with Crippen molar-refractivity contribution in [1.29, 1.82) is 0 Å². The van der Waals surface area contributed by atoms with Crippen LogP contribution in [0.5, 0.6) is 0 Å². The lowest BCUT2D eigenvalue weighted by atomic mass is 10.1. The minimum absolute atomic E-state index is 0.0452. The Morgan fingerprint density at radius 1 is 1.30 bits per heavy atom. The molecule has 0 spiro atoms. The van der Waals surface area contributed by atoms with Crippen molar-refractivity contribution in [2.24, 2.45) is 0 Å². The molecule has 104 valence electrons. The van der Waals surface area contributed by atoms with Crippen LogP contribution in [0.15, 0.2) is 30.3 Å². The number of hydrogen-bond acceptors (Lipinski definition) is 2. The number of aryl methyl sites for hydroxylation is 1. The number of benzene rings is 1. The zero-order valence-corrected chi connectivity index (χ0v) is 10.7. The second-order valence-electron chi connectivity index (χ2n) is 4.40. The Hall–Kier alpha value is -2.63. The minimum Gasteiger partial charge on any atom is -0.477 e. The van der Waals surface area contributed by atoms with Crippen LogP contribution in [0.1, 0.15) is 21.7 Å². The first-order chi connectivity index (χ1) is 9.45. The number of hydrogen-bond donors (Lipinski definition) is 3. The molecule has 2 rings (SSSR count). The van der Waals surface area contributed by atoms with Crippen LogP contribution in [0, 0.1) is 12.7 Å². The van der Waals surface area contributed by atoms with E-state index in [2.05, 4.69) is 10.3 Å². The maximum absolute atomic E-state index is 12.7. The molecule has 0 saturated heterocycles. The van der Waals surface area contributed by atoms with E-state index in [0.717, 1.165) is 0 Å². The molecule has 0 fully saturated rings. The smallest absolute Gasteiger partial charge is 0.354 e. The number of nitrogens with one attached hydrogen (secondary N) is 2. The fourth-order valence-electron chi connectivity index (χ4n) is 1.84. The second-order valence-corrected chi connectivity index (χ2v) is 4.40. The first-order valence-electron chi connectivity index (χ1n) is 5.93. The van der Waals surface area contributed by atoms with Crippen LogP contribution < -0.4 is 5.32 Å². The predicted molar refractivity (Wildman–Crippen MR) is 71.2 cm³/mol. The maximum atomic E-state index is 12.7. The number of carbonyl (C=O) groups is 2. The normalized spacial score (nSPS) is 10.3. The van der Waals surface area contributed by atoms with Gasteiger partial charge in [0.1, 0.15) is 11.5 Å². The molecular weight excluding hydrogens is 263 g/mol. The summed E-state index contributed by atoms with van der Waals surface area (Å²) in [5.41, 5.74) is 1.45. The zero-order valence-electron chi connectivity index (χ0n) is 10.7. The highest BCUT2D eigenvalue weighted by atomic mass is 19.1. The number of anilines is 1. The lowest BCUT2D eigenvalue weighted by molar-refractivity contribution is -0.115. The number of amides is 1. The summed E-state index contributed by atoms with van der Waals surface area (Å²) in [6.45, 7) is 1.70. The molecule has 2 aromatic rings. The highest BCUT2D eigenvalue weighted by Crippen LogP contribution is 2.17. The van der Waals surface area contributed by atoms with E-state index < -0.39 is 5.97 Å². The molecule has 0 saturated carbocycles. The standard InChI is InChI=1S/C14H13FN2O3/c1-8-6-11(13(16-8)14(19)20)17-12(18)7-9-2-4-10(15)5-3-9/h2-6,16H,7H2,1H3,(H,17,18)(H,19,20). The van der Waals surface area contributed by atoms with Gasteiger partial charge in [0, 0.05) is 5.69 Å². The topological polar surface area (TPSA) is 82.2 Å². The highest BCUT2D eigenvalue weighted by molar-refractivity contribution is 6.00. The molecular formula is C14H13FN2O3. The third kappa shape index (κ3) is 3.23. The molecule has 0 radical (unpaired) electrons. The molecule has 0 aliphatic heterocycles. The van der Waals surface area contributed by atoms with Gasteiger partial charge in [-0.25, -0.2) is 9.18 Å². The van der Waals surface area contributed by atoms with E-state index in [1.807, 2.05) is 0 Å². The molecule has 6 heteroatoms. The van der Waals surface area contributed by atoms with Crippen LogP contribution in [0.4, 0.5) is 10.1 Å². The van der Waals surface area contributed by atoms with E-state index in [4.69, 9.17) is 5.11 Å². The van der Waals surface area contributed by atoms with Crippen molar-refractivity contribution in [2.75, 3.05) is 5.32 Å². The van der Waals surface area contributed by atoms with E-state index in [1.54, 1.807) is 13.0 Å². The average Bonchev–Trinajstić information content (AvgIpc) is 2.73. The Kier molecular flexibility index (Phi) is 3.84. The van der Waals surface area contributed by atoms with Gasteiger partial charge in [0.15, 0.2) is 0 Å². The Morgan fingerprint density at radius 2 is 1.95 bits per heavy atom. The molecule has 0 unspecified atom stereocenters. The zero-order chi connectivity index (χ0) is 14.7. The molecule has 1 amide bonds. The van der Waals surface area contributed by atoms with E-state index in [1.165, 1.54) is 24.3 Å². The van der Waals surface area contributed by atoms with Gasteiger partial charge in [0.05, 0.1) is 12.1 Å². The Labute approximate surface area is 114 Å². The number of carbonyl (C=O) groups excluding carboxylic acids is 1. The molecule has 20 heavy (non-hydrogen) atoms. The van der Waals surface area contributed by atoms with Crippen molar-refractivity contribution < 1.29 is 19.1 Å². The van der Waals surface area contributed by atoms with Crippen molar-refractivity contribution in [3.63, 3.8) is 0 Å². The van der Waals surface area contributed by atoms with Gasteiger partial charge < -0.3 is 15.4 Å². The van der Waals surface area contributed by atoms with Gasteiger partial charge in [-0.1, -0.05) is 12.1 Å². The summed E-state index contributed by atoms with van der Waals surface area (Å²) in [6.07, 6.45) is 0.0452. The summed E-state index contributed by atoms with van der Waals surface area (Å²) >= 11 is 0. The minimum atomic E-state index is -1.14. The summed E-state index contributed by atoms with van der Waals surface area (Å²) in [4.78, 5) is 25.5. The number of aromatic amines is 1. The predicted octanol–water partition coefficient (Wildman–Crippen LogP) is 2.34. The van der Waals surface area contributed by atoms with Crippen molar-refractivity contribution >= 4 is 17.6 Å². The van der Waals surface area contributed by atoms with E-state index in [0.29, 0.717) is 11.3 Å². The van der Waals surface area contributed by atoms with Crippen LogP contribution in [0.25, 0.3) is 0 Å². The van der Waals surface area contributed by atoms with E-state index >= 15 is 0 Å². The third-order valence-corrected chi connectivity index (χ3v) is 2.72. The van der Waals surface area contributed by atoms with Gasteiger partial charge in [0.25, 0.3) is 0 Å². The molecule has 1 aromatic heterocycles. The molecule has 1 aromatic carbocycles. The van der Waals surface area contributed by atoms with Crippen LogP contribution in [0.2, 0.25) is 0 Å². The molecule has 3 N–H and O–H groups in total. The molecule has 5 nitrogen and oxygen atoms in total. The summed E-state index contributed by atoms with van der Waals surface area (Å²) in [5.74, 6) is -1.88. The van der Waals surface area contributed by atoms with Gasteiger partial charge in [-0.15, -0.1) is 0 Å². The fraction of sp³-hybridized carbons (Fsp3) is 0.143. The molecule has 0 atom stereocenters. The fourth-order valence-corrected chi connectivity index (χ4v) is 1.84. The van der Waals surface area contributed by atoms with Crippen LogP contribution in [0.3, 0.4) is 0 Å². The summed E-state index contributed by atoms with van der Waals surface area (Å²) in [7, 11) is 0. The Morgan fingerprint density at radius 3 is 2.55 bits per heavy atom. The highest BCUT2D eigenvalue weighted by Gasteiger charge is 2.15. The number of rotatable bonds is 4. The van der Waals surface area contributed by atoms with Crippen LogP contribution >= 0.6 is 0 Å². The summed E-state index contributed by atoms with van der Waals surface area (Å²) in [5, 5.41) is 11.5. The molecule has 0 aliphatic carbocycles. The monoisotopic (exact) mass is 276 g/mol. The number of aromatic nitrogens is 1. The summed E-state index contributed by atoms with van der Waals surface area (Å²) < 4.78 is 12.7. The number of carboxylic acid groups (broad SMARTS) is 1. The van der Waals surface area contributed by atoms with Crippen LogP contribution in [-0.4, -0.2) is 22.0 Å². The van der Waals surface area contributed by atoms with Crippen LogP contribution in [-0.2, 0) is 11.2 Å². The van der Waals surface area contributed by atoms with Crippen molar-refractivity contribution in [3.05, 3.63) is 53.1 Å². The van der Waals surface area contributed by atoms with E-state index in [-0.39, 0.29) is 29.5 Å². The van der Waals surface area contributed by atoms with Crippen molar-refractivity contribution in [3.8, 4) is 0 Å². The van der Waals surface area contributed by atoms with Crippen molar-refractivity contribution in [2.45, 2.75) is 13.3 Å². The first kappa shape index (κ1) is 13.8. The largest absolute Gasteiger partial charge is 0.477 e. The Bertz CT molecular complexity index is 647. The number of aromatic carboxylic acids is 1. The van der Waals surface area contributed by atoms with Gasteiger partial charge >= 0.3 is 5.97 Å². The van der Waals surface area contributed by atoms with Gasteiger partial charge in [-0.3, -0.25) is 4.79 Å². The van der Waals surface area contributed by atoms with Gasteiger partial charge in [-0.2, -0.15) is 0 Å². The SMILES string of the molecule is Cc1cc(NC(=O)Cc2ccc(F)cc2)c(C(=O)O)[nH]1. The lowest BCUT2D eigenvalue weighted by Crippen LogP contribution is -2.16. The summed E-state index contributed by atoms with van der Waals surface area (Å²) in [6, 6.07) is 7.11. The first-order valence-corrected chi connectivity index (χ1v) is 5.93. The third-order valence-electron chi connectivity index (χ3n) is 2.72. The molecule has 1 heterocycles. The second kappa shape index (κ2) is 5.56. The Balaban J connectivity index is 2.08. The van der Waals surface area contributed by atoms with E-state index in [9.17, 15) is 14.0 Å². The van der Waals surface area contributed by atoms with Gasteiger partial charge in [-0.05, 0) is 30.7 Å². The number of carboxylic acids is 1. The maximum Gasteiger partial charge on any atom is 0.354 e.